The zero-order chi connectivity index (χ0) is 22.3. The van der Waals surface area contributed by atoms with E-state index in [4.69, 9.17) is 4.74 Å². The maximum absolute atomic E-state index is 12.0. The first-order chi connectivity index (χ1) is 14.5. The summed E-state index contributed by atoms with van der Waals surface area (Å²) in [6.07, 6.45) is 7.81. The summed E-state index contributed by atoms with van der Waals surface area (Å²) in [5.41, 5.74) is -2.91. The molecule has 0 radical (unpaired) electrons. The summed E-state index contributed by atoms with van der Waals surface area (Å²) in [6.45, 7) is 6.55. The fraction of sp³-hybridized carbons (Fsp3) is 0.885. The number of hydrogen-bond donors (Lipinski definition) is 3. The minimum atomic E-state index is -1.03. The number of aliphatic hydroxyl groups is 3. The minimum Gasteiger partial charge on any atom is -0.456 e. The SMILES string of the molecule is CCOC(=O)C#CC12CC[C@@]1(O)C[C@@]1(O)CC[C@H]3[C@@H]4CC[C@@H](O)[C@@]4(C)CC[C@@H]3[C@@]1(C)C2. The molecule has 0 amide bonds. The van der Waals surface area contributed by atoms with E-state index in [1.54, 1.807) is 6.92 Å². The molecule has 1 unspecified atom stereocenters. The Kier molecular flexibility index (Phi) is 4.71. The molecule has 5 aliphatic carbocycles. The van der Waals surface area contributed by atoms with Crippen molar-refractivity contribution in [3.8, 4) is 11.8 Å². The molecule has 31 heavy (non-hydrogen) atoms. The molecule has 0 saturated heterocycles. The summed E-state index contributed by atoms with van der Waals surface area (Å²) in [4.78, 5) is 12.0. The van der Waals surface area contributed by atoms with Crippen molar-refractivity contribution in [2.45, 2.75) is 102 Å². The van der Waals surface area contributed by atoms with Gasteiger partial charge < -0.3 is 20.1 Å². The molecule has 0 aromatic heterocycles. The quantitative estimate of drug-likeness (QED) is 0.338. The van der Waals surface area contributed by atoms with Crippen LogP contribution in [0.15, 0.2) is 0 Å². The number of fused-ring (bicyclic) bond motifs is 6. The molecule has 0 heterocycles. The second-order valence-electron chi connectivity index (χ2n) is 11.9. The number of aliphatic hydroxyl groups excluding tert-OH is 1. The Balaban J connectivity index is 1.50. The maximum atomic E-state index is 12.0. The summed E-state index contributed by atoms with van der Waals surface area (Å²) < 4.78 is 5.01. The van der Waals surface area contributed by atoms with Crippen LogP contribution in [0.5, 0.6) is 0 Å². The lowest BCUT2D eigenvalue weighted by atomic mass is 9.35. The van der Waals surface area contributed by atoms with Gasteiger partial charge in [-0.2, -0.15) is 0 Å². The van der Waals surface area contributed by atoms with E-state index in [1.807, 2.05) is 0 Å². The molecule has 5 fully saturated rings. The molecular weight excluding hydrogens is 392 g/mol. The zero-order valence-corrected chi connectivity index (χ0v) is 19.2. The minimum absolute atomic E-state index is 0.000257. The van der Waals surface area contributed by atoms with Crippen molar-refractivity contribution in [3.63, 3.8) is 0 Å². The van der Waals surface area contributed by atoms with Crippen LogP contribution in [0.25, 0.3) is 0 Å². The van der Waals surface area contributed by atoms with E-state index in [2.05, 4.69) is 25.7 Å². The number of carbonyl (C=O) groups is 1. The third kappa shape index (κ3) is 2.71. The van der Waals surface area contributed by atoms with Gasteiger partial charge in [-0.3, -0.25) is 0 Å². The van der Waals surface area contributed by atoms with E-state index in [0.29, 0.717) is 43.4 Å². The molecule has 5 heteroatoms. The number of hydrogen-bond acceptors (Lipinski definition) is 5. The summed E-state index contributed by atoms with van der Waals surface area (Å²) in [5, 5.41) is 34.2. The predicted molar refractivity (Wildman–Crippen MR) is 116 cm³/mol. The van der Waals surface area contributed by atoms with Crippen LogP contribution in [-0.2, 0) is 9.53 Å². The molecule has 5 rings (SSSR count). The summed E-state index contributed by atoms with van der Waals surface area (Å²) in [5.74, 6) is 6.66. The molecule has 3 N–H and O–H groups in total. The van der Waals surface area contributed by atoms with E-state index < -0.39 is 22.6 Å². The van der Waals surface area contributed by atoms with Gasteiger partial charge in [0.1, 0.15) is 0 Å². The first kappa shape index (κ1) is 21.7. The van der Waals surface area contributed by atoms with Crippen LogP contribution < -0.4 is 0 Å². The monoisotopic (exact) mass is 430 g/mol. The van der Waals surface area contributed by atoms with Gasteiger partial charge in [0.2, 0.25) is 0 Å². The average Bonchev–Trinajstić information content (AvgIpc) is 3.02. The highest BCUT2D eigenvalue weighted by Crippen LogP contribution is 2.73. The van der Waals surface area contributed by atoms with Gasteiger partial charge in [-0.15, -0.1) is 0 Å². The van der Waals surface area contributed by atoms with Crippen molar-refractivity contribution in [3.05, 3.63) is 0 Å². The maximum Gasteiger partial charge on any atom is 0.384 e. The second kappa shape index (κ2) is 6.72. The van der Waals surface area contributed by atoms with E-state index in [-0.39, 0.29) is 23.5 Å². The first-order valence-corrected chi connectivity index (χ1v) is 12.4. The highest BCUT2D eigenvalue weighted by molar-refractivity contribution is 5.88. The fourth-order valence-electron chi connectivity index (χ4n) is 8.97. The Morgan fingerprint density at radius 1 is 0.968 bits per heavy atom. The molecule has 0 spiro atoms. The number of rotatable bonds is 1. The molecule has 5 saturated carbocycles. The second-order valence-corrected chi connectivity index (χ2v) is 11.9. The van der Waals surface area contributed by atoms with Crippen molar-refractivity contribution in [2.24, 2.45) is 34.0 Å². The standard InChI is InChI=1S/C26H38O5/c1-4-31-21(28)9-11-24-13-14-26(24,30)16-25(29)12-7-17-18-5-6-20(27)22(18,2)10-8-19(17)23(25,3)15-24/h17-20,27,29-30H,4-8,10,12-16H2,1-3H3/t17-,18-,19-,20+,22-,23+,24?,25-,26+/m0/s1. The van der Waals surface area contributed by atoms with Crippen molar-refractivity contribution in [1.29, 1.82) is 0 Å². The first-order valence-electron chi connectivity index (χ1n) is 12.4. The third-order valence-corrected chi connectivity index (χ3v) is 10.9. The van der Waals surface area contributed by atoms with Crippen molar-refractivity contribution in [2.75, 3.05) is 6.61 Å². The Hall–Kier alpha value is -1.09. The Morgan fingerprint density at radius 2 is 1.74 bits per heavy atom. The van der Waals surface area contributed by atoms with Crippen molar-refractivity contribution < 1.29 is 24.9 Å². The largest absolute Gasteiger partial charge is 0.456 e. The zero-order valence-electron chi connectivity index (χ0n) is 19.2. The molecule has 5 aliphatic rings. The van der Waals surface area contributed by atoms with Crippen LogP contribution in [0, 0.1) is 45.8 Å². The van der Waals surface area contributed by atoms with Gasteiger partial charge in [0.15, 0.2) is 0 Å². The van der Waals surface area contributed by atoms with Crippen LogP contribution in [0.4, 0.5) is 0 Å². The van der Waals surface area contributed by atoms with Gasteiger partial charge in [-0.05, 0) is 87.9 Å². The predicted octanol–water partition coefficient (Wildman–Crippen LogP) is 3.19. The van der Waals surface area contributed by atoms with Crippen LogP contribution in [0.1, 0.15) is 85.0 Å². The smallest absolute Gasteiger partial charge is 0.384 e. The van der Waals surface area contributed by atoms with E-state index >= 15 is 0 Å². The Bertz CT molecular complexity index is 844. The van der Waals surface area contributed by atoms with Crippen LogP contribution in [0.2, 0.25) is 0 Å². The molecule has 0 aliphatic heterocycles. The molecule has 9 atom stereocenters. The summed E-state index contributed by atoms with van der Waals surface area (Å²) >= 11 is 0. The molecule has 0 aromatic rings. The molecule has 5 nitrogen and oxygen atoms in total. The highest BCUT2D eigenvalue weighted by Gasteiger charge is 2.73. The van der Waals surface area contributed by atoms with Gasteiger partial charge in [-0.1, -0.05) is 19.8 Å². The van der Waals surface area contributed by atoms with Crippen LogP contribution in [-0.4, -0.2) is 45.2 Å². The Labute approximate surface area is 185 Å². The average molecular weight is 431 g/mol. The fourth-order valence-corrected chi connectivity index (χ4v) is 8.97. The lowest BCUT2D eigenvalue weighted by molar-refractivity contribution is -0.296. The molecule has 0 bridgehead atoms. The van der Waals surface area contributed by atoms with Gasteiger partial charge in [0.05, 0.1) is 29.3 Å². The molecule has 172 valence electrons. The van der Waals surface area contributed by atoms with Gasteiger partial charge in [0, 0.05) is 17.8 Å². The van der Waals surface area contributed by atoms with Gasteiger partial charge in [-0.25, -0.2) is 4.79 Å². The van der Waals surface area contributed by atoms with E-state index in [1.165, 1.54) is 0 Å². The number of esters is 1. The summed E-state index contributed by atoms with van der Waals surface area (Å²) in [7, 11) is 0. The summed E-state index contributed by atoms with van der Waals surface area (Å²) in [6, 6.07) is 0. The number of carbonyl (C=O) groups excluding carboxylic acids is 1. The van der Waals surface area contributed by atoms with Gasteiger partial charge in [0.25, 0.3) is 0 Å². The topological polar surface area (TPSA) is 87.0 Å². The lowest BCUT2D eigenvalue weighted by Crippen LogP contribution is -2.73. The molecular formula is C26H38O5. The van der Waals surface area contributed by atoms with Crippen molar-refractivity contribution in [1.82, 2.24) is 0 Å². The number of ether oxygens (including phenoxy) is 1. The van der Waals surface area contributed by atoms with E-state index in [0.717, 1.165) is 38.5 Å². The molecule has 0 aromatic carbocycles. The van der Waals surface area contributed by atoms with Crippen molar-refractivity contribution >= 4 is 5.97 Å². The third-order valence-electron chi connectivity index (χ3n) is 10.9. The Morgan fingerprint density at radius 3 is 2.42 bits per heavy atom. The van der Waals surface area contributed by atoms with Gasteiger partial charge >= 0.3 is 5.97 Å². The van der Waals surface area contributed by atoms with Crippen LogP contribution in [0.3, 0.4) is 0 Å². The van der Waals surface area contributed by atoms with Crippen LogP contribution >= 0.6 is 0 Å². The highest BCUT2D eigenvalue weighted by atomic mass is 16.5. The normalized spacial score (nSPS) is 54.8. The van der Waals surface area contributed by atoms with E-state index in [9.17, 15) is 20.1 Å². The lowest BCUT2D eigenvalue weighted by Gasteiger charge is -2.71.